The maximum atomic E-state index is 12.7. The standard InChI is InChI=1S/C21H31N5O4S/c1-14-19(17(4)30-23-14)5-6-20(27)24-8-10-25(11-9-24)21-15(2)22-26(16(21)3)18-7-12-31(28,29)13-18/h18H,5-13H2,1-4H3/t18-/m0/s1. The van der Waals surface area contributed by atoms with Crippen LogP contribution in [0.5, 0.6) is 0 Å². The van der Waals surface area contributed by atoms with E-state index in [4.69, 9.17) is 4.52 Å². The molecule has 2 fully saturated rings. The van der Waals surface area contributed by atoms with E-state index < -0.39 is 9.84 Å². The van der Waals surface area contributed by atoms with E-state index in [0.717, 1.165) is 47.2 Å². The van der Waals surface area contributed by atoms with Gasteiger partial charge in [-0.25, -0.2) is 8.42 Å². The molecule has 0 saturated carbocycles. The van der Waals surface area contributed by atoms with Gasteiger partial charge in [0.05, 0.1) is 40.3 Å². The zero-order chi connectivity index (χ0) is 22.3. The van der Waals surface area contributed by atoms with Gasteiger partial charge in [-0.1, -0.05) is 5.16 Å². The molecule has 2 saturated heterocycles. The normalized spacial score (nSPS) is 21.1. The second-order valence-electron chi connectivity index (χ2n) is 8.69. The molecule has 2 aliphatic rings. The molecule has 4 rings (SSSR count). The third-order valence-electron chi connectivity index (χ3n) is 6.56. The molecule has 4 heterocycles. The van der Waals surface area contributed by atoms with Crippen LogP contribution in [0.15, 0.2) is 4.52 Å². The summed E-state index contributed by atoms with van der Waals surface area (Å²) in [6, 6.07) is -0.0790. The predicted octanol–water partition coefficient (Wildman–Crippen LogP) is 1.75. The highest BCUT2D eigenvalue weighted by atomic mass is 32.2. The minimum atomic E-state index is -2.96. The van der Waals surface area contributed by atoms with Crippen molar-refractivity contribution in [2.45, 2.75) is 53.0 Å². The second kappa shape index (κ2) is 8.29. The van der Waals surface area contributed by atoms with Crippen LogP contribution in [-0.2, 0) is 21.1 Å². The molecular weight excluding hydrogens is 418 g/mol. The highest BCUT2D eigenvalue weighted by Gasteiger charge is 2.33. The molecule has 0 bridgehead atoms. The Morgan fingerprint density at radius 1 is 1.10 bits per heavy atom. The monoisotopic (exact) mass is 449 g/mol. The number of aromatic nitrogens is 3. The van der Waals surface area contributed by atoms with Crippen LogP contribution in [0.4, 0.5) is 5.69 Å². The van der Waals surface area contributed by atoms with Gasteiger partial charge in [0, 0.05) is 38.2 Å². The minimum absolute atomic E-state index is 0.0790. The number of amides is 1. The van der Waals surface area contributed by atoms with Gasteiger partial charge in [-0.15, -0.1) is 0 Å². The number of carbonyl (C=O) groups is 1. The molecule has 31 heavy (non-hydrogen) atoms. The lowest BCUT2D eigenvalue weighted by Gasteiger charge is -2.36. The van der Waals surface area contributed by atoms with Crippen LogP contribution in [0.2, 0.25) is 0 Å². The number of carbonyl (C=O) groups excluding carboxylic acids is 1. The van der Waals surface area contributed by atoms with Gasteiger partial charge in [0.25, 0.3) is 0 Å². The molecule has 0 N–H and O–H groups in total. The third-order valence-corrected chi connectivity index (χ3v) is 8.31. The second-order valence-corrected chi connectivity index (χ2v) is 10.9. The van der Waals surface area contributed by atoms with Gasteiger partial charge in [-0.2, -0.15) is 5.10 Å². The van der Waals surface area contributed by atoms with Crippen LogP contribution in [0.3, 0.4) is 0 Å². The minimum Gasteiger partial charge on any atom is -0.365 e. The van der Waals surface area contributed by atoms with Crippen molar-refractivity contribution in [1.82, 2.24) is 19.8 Å². The fourth-order valence-corrected chi connectivity index (χ4v) is 6.56. The Labute approximate surface area is 183 Å². The molecule has 0 aromatic carbocycles. The van der Waals surface area contributed by atoms with Crippen LogP contribution in [0, 0.1) is 27.7 Å². The van der Waals surface area contributed by atoms with Crippen LogP contribution >= 0.6 is 0 Å². The maximum Gasteiger partial charge on any atom is 0.223 e. The zero-order valence-electron chi connectivity index (χ0n) is 18.7. The molecule has 2 aliphatic heterocycles. The number of nitrogens with zero attached hydrogens (tertiary/aromatic N) is 5. The van der Waals surface area contributed by atoms with Crippen molar-refractivity contribution in [3.8, 4) is 0 Å². The van der Waals surface area contributed by atoms with Crippen LogP contribution in [0.25, 0.3) is 0 Å². The Bertz CT molecular complexity index is 1060. The SMILES string of the molecule is Cc1noc(C)c1CCC(=O)N1CCN(c2c(C)nn([C@H]3CCS(=O)(=O)C3)c2C)CC1. The van der Waals surface area contributed by atoms with Gasteiger partial charge in [-0.05, 0) is 40.5 Å². The molecule has 2 aromatic heterocycles. The first kappa shape index (κ1) is 21.9. The average molecular weight is 450 g/mol. The summed E-state index contributed by atoms with van der Waals surface area (Å²) in [7, 11) is -2.96. The quantitative estimate of drug-likeness (QED) is 0.685. The van der Waals surface area contributed by atoms with E-state index in [1.54, 1.807) is 0 Å². The summed E-state index contributed by atoms with van der Waals surface area (Å²) < 4.78 is 30.9. The van der Waals surface area contributed by atoms with E-state index in [2.05, 4.69) is 15.2 Å². The van der Waals surface area contributed by atoms with Crippen molar-refractivity contribution in [2.75, 3.05) is 42.6 Å². The summed E-state index contributed by atoms with van der Waals surface area (Å²) in [6.07, 6.45) is 1.72. The van der Waals surface area contributed by atoms with Crippen molar-refractivity contribution < 1.29 is 17.7 Å². The number of aryl methyl sites for hydroxylation is 3. The van der Waals surface area contributed by atoms with Crippen LogP contribution in [0.1, 0.15) is 47.3 Å². The van der Waals surface area contributed by atoms with E-state index >= 15 is 0 Å². The zero-order valence-corrected chi connectivity index (χ0v) is 19.5. The van der Waals surface area contributed by atoms with E-state index in [1.165, 1.54) is 0 Å². The van der Waals surface area contributed by atoms with Gasteiger partial charge in [0.15, 0.2) is 9.84 Å². The smallest absolute Gasteiger partial charge is 0.223 e. The van der Waals surface area contributed by atoms with Crippen LogP contribution in [-0.4, -0.2) is 71.8 Å². The van der Waals surface area contributed by atoms with Gasteiger partial charge >= 0.3 is 0 Å². The summed E-state index contributed by atoms with van der Waals surface area (Å²) in [5, 5.41) is 8.63. The fraction of sp³-hybridized carbons (Fsp3) is 0.667. The highest BCUT2D eigenvalue weighted by Crippen LogP contribution is 2.31. The van der Waals surface area contributed by atoms with Crippen molar-refractivity contribution in [3.63, 3.8) is 0 Å². The number of rotatable bonds is 5. The number of hydrogen-bond acceptors (Lipinski definition) is 7. The molecule has 0 aliphatic carbocycles. The van der Waals surface area contributed by atoms with E-state index in [9.17, 15) is 13.2 Å². The number of hydrogen-bond donors (Lipinski definition) is 0. The lowest BCUT2D eigenvalue weighted by molar-refractivity contribution is -0.131. The first-order valence-corrected chi connectivity index (χ1v) is 12.7. The Balaban J connectivity index is 1.37. The summed E-state index contributed by atoms with van der Waals surface area (Å²) >= 11 is 0. The Morgan fingerprint density at radius 3 is 2.39 bits per heavy atom. The van der Waals surface area contributed by atoms with Crippen molar-refractivity contribution in [2.24, 2.45) is 0 Å². The Morgan fingerprint density at radius 2 is 1.81 bits per heavy atom. The molecule has 0 unspecified atom stereocenters. The Kier molecular flexibility index (Phi) is 5.85. The molecule has 2 aromatic rings. The molecular formula is C21H31N5O4S. The number of piperazine rings is 1. The first-order chi connectivity index (χ1) is 14.7. The largest absolute Gasteiger partial charge is 0.365 e. The Hall–Kier alpha value is -2.36. The van der Waals surface area contributed by atoms with Crippen molar-refractivity contribution >= 4 is 21.4 Å². The van der Waals surface area contributed by atoms with Gasteiger partial charge in [-0.3, -0.25) is 9.48 Å². The van der Waals surface area contributed by atoms with E-state index in [1.807, 2.05) is 37.3 Å². The average Bonchev–Trinajstić information content (AvgIpc) is 3.35. The fourth-order valence-electron chi connectivity index (χ4n) is 4.86. The van der Waals surface area contributed by atoms with E-state index in [0.29, 0.717) is 32.4 Å². The number of anilines is 1. The lowest BCUT2D eigenvalue weighted by atomic mass is 10.1. The predicted molar refractivity (Wildman–Crippen MR) is 117 cm³/mol. The topological polar surface area (TPSA) is 102 Å². The molecule has 1 atom stereocenters. The summed E-state index contributed by atoms with van der Waals surface area (Å²) in [4.78, 5) is 16.9. The highest BCUT2D eigenvalue weighted by molar-refractivity contribution is 7.91. The van der Waals surface area contributed by atoms with Crippen molar-refractivity contribution in [3.05, 3.63) is 28.4 Å². The van der Waals surface area contributed by atoms with Crippen molar-refractivity contribution in [1.29, 1.82) is 0 Å². The summed E-state index contributed by atoms with van der Waals surface area (Å²) in [5.41, 5.74) is 4.89. The molecule has 1 amide bonds. The molecule has 0 radical (unpaired) electrons. The van der Waals surface area contributed by atoms with Gasteiger partial charge in [0.1, 0.15) is 5.76 Å². The van der Waals surface area contributed by atoms with Gasteiger partial charge in [0.2, 0.25) is 5.91 Å². The molecule has 0 spiro atoms. The van der Waals surface area contributed by atoms with Crippen LogP contribution < -0.4 is 4.90 Å². The molecule has 9 nitrogen and oxygen atoms in total. The first-order valence-electron chi connectivity index (χ1n) is 10.9. The number of sulfone groups is 1. The van der Waals surface area contributed by atoms with Gasteiger partial charge < -0.3 is 14.3 Å². The maximum absolute atomic E-state index is 12.7. The summed E-state index contributed by atoms with van der Waals surface area (Å²) in [6.45, 7) is 10.6. The molecule has 170 valence electrons. The summed E-state index contributed by atoms with van der Waals surface area (Å²) in [5.74, 6) is 1.34. The third kappa shape index (κ3) is 4.35. The molecule has 10 heteroatoms. The lowest BCUT2D eigenvalue weighted by Crippen LogP contribution is -2.49. The van der Waals surface area contributed by atoms with E-state index in [-0.39, 0.29) is 23.5 Å².